The van der Waals surface area contributed by atoms with Gasteiger partial charge in [-0.05, 0) is 23.6 Å². The molecule has 1 aromatic rings. The highest BCUT2D eigenvalue weighted by Gasteiger charge is 2.31. The lowest BCUT2D eigenvalue weighted by Gasteiger charge is -2.18. The standard InChI is InChI=1S/C14H22N2O3S/c1-10(2)11-4-6-12(7-5-11)20(17,18)16-13-8-15-9-14(13)19-3/h4-7,10,13-16H,8-9H2,1-3H3/t13?,14-/m0/s1. The molecule has 0 amide bonds. The van der Waals surface area contributed by atoms with Gasteiger partial charge in [0.1, 0.15) is 0 Å². The average molecular weight is 298 g/mol. The maximum Gasteiger partial charge on any atom is 0.240 e. The molecule has 2 N–H and O–H groups in total. The van der Waals surface area contributed by atoms with E-state index in [1.54, 1.807) is 19.2 Å². The van der Waals surface area contributed by atoms with Gasteiger partial charge in [-0.2, -0.15) is 0 Å². The molecule has 2 rings (SSSR count). The van der Waals surface area contributed by atoms with E-state index in [2.05, 4.69) is 23.9 Å². The number of ether oxygens (including phenoxy) is 1. The third-order valence-electron chi connectivity index (χ3n) is 3.62. The Morgan fingerprint density at radius 3 is 2.45 bits per heavy atom. The molecule has 1 heterocycles. The summed E-state index contributed by atoms with van der Waals surface area (Å²) in [5.41, 5.74) is 1.13. The first-order chi connectivity index (χ1) is 9.44. The minimum absolute atomic E-state index is 0.125. The van der Waals surface area contributed by atoms with Gasteiger partial charge in [-0.3, -0.25) is 0 Å². The van der Waals surface area contributed by atoms with E-state index in [1.807, 2.05) is 12.1 Å². The Morgan fingerprint density at radius 1 is 1.25 bits per heavy atom. The molecule has 112 valence electrons. The zero-order chi connectivity index (χ0) is 14.8. The predicted octanol–water partition coefficient (Wildman–Crippen LogP) is 1.08. The number of hydrogen-bond acceptors (Lipinski definition) is 4. The van der Waals surface area contributed by atoms with Crippen molar-refractivity contribution in [2.75, 3.05) is 20.2 Å². The Morgan fingerprint density at radius 2 is 1.90 bits per heavy atom. The van der Waals surface area contributed by atoms with E-state index in [1.165, 1.54) is 0 Å². The quantitative estimate of drug-likeness (QED) is 0.853. The van der Waals surface area contributed by atoms with Gasteiger partial charge in [0, 0.05) is 20.2 Å². The summed E-state index contributed by atoms with van der Waals surface area (Å²) in [7, 11) is -1.91. The SMILES string of the molecule is CO[C@H]1CNCC1NS(=O)(=O)c1ccc(C(C)C)cc1. The van der Waals surface area contributed by atoms with E-state index >= 15 is 0 Å². The maximum atomic E-state index is 12.3. The molecule has 1 aliphatic heterocycles. The Hall–Kier alpha value is -0.950. The van der Waals surface area contributed by atoms with Crippen molar-refractivity contribution in [2.45, 2.75) is 36.8 Å². The molecule has 20 heavy (non-hydrogen) atoms. The number of hydrogen-bond donors (Lipinski definition) is 2. The molecule has 0 radical (unpaired) electrons. The number of methoxy groups -OCH3 is 1. The lowest BCUT2D eigenvalue weighted by molar-refractivity contribution is 0.103. The first-order valence-electron chi connectivity index (χ1n) is 6.80. The molecule has 1 saturated heterocycles. The molecule has 6 heteroatoms. The van der Waals surface area contributed by atoms with Gasteiger partial charge < -0.3 is 10.1 Å². The van der Waals surface area contributed by atoms with Gasteiger partial charge >= 0.3 is 0 Å². The second kappa shape index (κ2) is 6.22. The molecule has 2 atom stereocenters. The molecular weight excluding hydrogens is 276 g/mol. The third kappa shape index (κ3) is 3.38. The molecule has 0 aromatic heterocycles. The number of rotatable bonds is 5. The molecule has 0 aliphatic carbocycles. The average Bonchev–Trinajstić information content (AvgIpc) is 2.85. The fourth-order valence-corrected chi connectivity index (χ4v) is 3.58. The monoisotopic (exact) mass is 298 g/mol. The molecule has 1 aliphatic rings. The van der Waals surface area contributed by atoms with Gasteiger partial charge in [0.15, 0.2) is 0 Å². The van der Waals surface area contributed by atoms with Gasteiger partial charge in [0.25, 0.3) is 0 Å². The van der Waals surface area contributed by atoms with Gasteiger partial charge in [0.2, 0.25) is 10.0 Å². The molecule has 1 fully saturated rings. The van der Waals surface area contributed by atoms with Crippen LogP contribution in [0, 0.1) is 0 Å². The normalized spacial score (nSPS) is 23.4. The minimum atomic E-state index is -3.50. The van der Waals surface area contributed by atoms with Crippen LogP contribution in [0.25, 0.3) is 0 Å². The predicted molar refractivity (Wildman–Crippen MR) is 78.3 cm³/mol. The zero-order valence-corrected chi connectivity index (χ0v) is 12.9. The fourth-order valence-electron chi connectivity index (χ4n) is 2.32. The van der Waals surface area contributed by atoms with Gasteiger partial charge in [-0.1, -0.05) is 26.0 Å². The van der Waals surface area contributed by atoms with Crippen LogP contribution in [0.4, 0.5) is 0 Å². The molecule has 0 spiro atoms. The van der Waals surface area contributed by atoms with Crippen molar-refractivity contribution in [1.29, 1.82) is 0 Å². The Balaban J connectivity index is 2.13. The molecule has 1 aromatic carbocycles. The second-order valence-electron chi connectivity index (χ2n) is 5.38. The van der Waals surface area contributed by atoms with E-state index in [0.717, 1.165) is 5.56 Å². The van der Waals surface area contributed by atoms with Crippen LogP contribution < -0.4 is 10.0 Å². The van der Waals surface area contributed by atoms with Gasteiger partial charge in [0.05, 0.1) is 17.0 Å². The smallest absolute Gasteiger partial charge is 0.240 e. The largest absolute Gasteiger partial charge is 0.378 e. The van der Waals surface area contributed by atoms with E-state index in [4.69, 9.17) is 4.74 Å². The summed E-state index contributed by atoms with van der Waals surface area (Å²) in [6, 6.07) is 6.80. The molecular formula is C14H22N2O3S. The summed E-state index contributed by atoms with van der Waals surface area (Å²) in [5, 5.41) is 3.12. The Labute approximate surface area is 120 Å². The summed E-state index contributed by atoms with van der Waals surface area (Å²) >= 11 is 0. The van der Waals surface area contributed by atoms with Crippen LogP contribution >= 0.6 is 0 Å². The topological polar surface area (TPSA) is 67.4 Å². The second-order valence-corrected chi connectivity index (χ2v) is 7.10. The Kier molecular flexibility index (Phi) is 4.80. The molecule has 1 unspecified atom stereocenters. The van der Waals surface area contributed by atoms with Crippen LogP contribution in [0.2, 0.25) is 0 Å². The highest BCUT2D eigenvalue weighted by molar-refractivity contribution is 7.89. The van der Waals surface area contributed by atoms with Gasteiger partial charge in [-0.15, -0.1) is 0 Å². The number of benzene rings is 1. The van der Waals surface area contributed by atoms with E-state index in [9.17, 15) is 8.42 Å². The van der Waals surface area contributed by atoms with E-state index < -0.39 is 10.0 Å². The summed E-state index contributed by atoms with van der Waals surface area (Å²) in [6.45, 7) is 5.40. The van der Waals surface area contributed by atoms with Crippen LogP contribution in [0.5, 0.6) is 0 Å². The lowest BCUT2D eigenvalue weighted by Crippen LogP contribution is -2.43. The van der Waals surface area contributed by atoms with Crippen molar-refractivity contribution in [3.63, 3.8) is 0 Å². The van der Waals surface area contributed by atoms with Crippen molar-refractivity contribution in [1.82, 2.24) is 10.0 Å². The van der Waals surface area contributed by atoms with E-state index in [-0.39, 0.29) is 12.1 Å². The van der Waals surface area contributed by atoms with Crippen LogP contribution in [0.15, 0.2) is 29.2 Å². The molecule has 0 saturated carbocycles. The highest BCUT2D eigenvalue weighted by Crippen LogP contribution is 2.18. The number of nitrogens with one attached hydrogen (secondary N) is 2. The zero-order valence-electron chi connectivity index (χ0n) is 12.1. The molecule has 0 bridgehead atoms. The first kappa shape index (κ1) is 15.4. The van der Waals surface area contributed by atoms with Crippen LogP contribution in [0.3, 0.4) is 0 Å². The number of sulfonamides is 1. The van der Waals surface area contributed by atoms with Crippen molar-refractivity contribution in [3.05, 3.63) is 29.8 Å². The fraction of sp³-hybridized carbons (Fsp3) is 0.571. The minimum Gasteiger partial charge on any atom is -0.378 e. The summed E-state index contributed by atoms with van der Waals surface area (Å²) in [6.07, 6.45) is -0.125. The lowest BCUT2D eigenvalue weighted by atomic mass is 10.0. The summed E-state index contributed by atoms with van der Waals surface area (Å²) in [4.78, 5) is 0.295. The van der Waals surface area contributed by atoms with Crippen LogP contribution in [-0.2, 0) is 14.8 Å². The maximum absolute atomic E-state index is 12.3. The van der Waals surface area contributed by atoms with Crippen molar-refractivity contribution in [3.8, 4) is 0 Å². The Bertz CT molecular complexity index is 540. The first-order valence-corrected chi connectivity index (χ1v) is 8.28. The van der Waals surface area contributed by atoms with Crippen molar-refractivity contribution >= 4 is 10.0 Å². The highest BCUT2D eigenvalue weighted by atomic mass is 32.2. The van der Waals surface area contributed by atoms with E-state index in [0.29, 0.717) is 23.9 Å². The van der Waals surface area contributed by atoms with Crippen molar-refractivity contribution < 1.29 is 13.2 Å². The molecule has 5 nitrogen and oxygen atoms in total. The summed E-state index contributed by atoms with van der Waals surface area (Å²) in [5.74, 6) is 0.386. The van der Waals surface area contributed by atoms with Crippen LogP contribution in [0.1, 0.15) is 25.3 Å². The van der Waals surface area contributed by atoms with Crippen molar-refractivity contribution in [2.24, 2.45) is 0 Å². The van der Waals surface area contributed by atoms with Crippen LogP contribution in [-0.4, -0.2) is 40.8 Å². The summed E-state index contributed by atoms with van der Waals surface area (Å²) < 4.78 is 32.6. The third-order valence-corrected chi connectivity index (χ3v) is 5.13. The van der Waals surface area contributed by atoms with Gasteiger partial charge in [-0.25, -0.2) is 13.1 Å².